The molecule has 1 aromatic rings. The first-order valence-corrected chi connectivity index (χ1v) is 10.8. The zero-order valence-corrected chi connectivity index (χ0v) is 18.7. The Morgan fingerprint density at radius 1 is 1.25 bits per heavy atom. The fraction of sp³-hybridized carbons (Fsp3) is 0.591. The van der Waals surface area contributed by atoms with Gasteiger partial charge in [0.05, 0.1) is 11.6 Å². The van der Waals surface area contributed by atoms with Gasteiger partial charge in [0.1, 0.15) is 11.4 Å². The Balaban J connectivity index is 1.71. The van der Waals surface area contributed by atoms with Crippen LogP contribution in [0.3, 0.4) is 0 Å². The van der Waals surface area contributed by atoms with Crippen molar-refractivity contribution in [3.05, 3.63) is 29.1 Å². The van der Waals surface area contributed by atoms with Crippen LogP contribution in [0.25, 0.3) is 0 Å². The molecule has 0 saturated carbocycles. The third-order valence-electron chi connectivity index (χ3n) is 5.49. The number of nitrogens with one attached hydrogen (secondary N) is 2. The predicted molar refractivity (Wildman–Crippen MR) is 116 cm³/mol. The first kappa shape index (κ1) is 23.8. The molecule has 0 aliphatic carbocycles. The molecule has 176 valence electrons. The zero-order chi connectivity index (χ0) is 23.5. The minimum absolute atomic E-state index is 0.0579. The number of aromatic carboxylic acids is 1. The lowest BCUT2D eigenvalue weighted by Gasteiger charge is -2.37. The van der Waals surface area contributed by atoms with Gasteiger partial charge in [-0.1, -0.05) is 0 Å². The summed E-state index contributed by atoms with van der Waals surface area (Å²) >= 11 is 0. The minimum Gasteiger partial charge on any atom is -0.478 e. The van der Waals surface area contributed by atoms with Crippen LogP contribution < -0.4 is 15.5 Å². The Bertz CT molecular complexity index is 878. The molecule has 2 aliphatic heterocycles. The first-order valence-electron chi connectivity index (χ1n) is 10.8. The maximum atomic E-state index is 14.8. The van der Waals surface area contributed by atoms with Crippen LogP contribution in [0, 0.1) is 5.82 Å². The number of halogens is 1. The fourth-order valence-electron chi connectivity index (χ4n) is 3.88. The standard InChI is InChI=1S/C22H31FN4O5/c1-22(2,3)32-21(31)27-9-7-26(8-10-27)15-11-14(18(20(29)30)16(23)12-15)13-25-17-5-4-6-24-19(17)28/h11-12,17,25H,4-10,13H2,1-3H3,(H,24,28)(H,29,30). The molecule has 0 bridgehead atoms. The zero-order valence-electron chi connectivity index (χ0n) is 18.7. The number of piperazine rings is 1. The van der Waals surface area contributed by atoms with Gasteiger partial charge in [-0.2, -0.15) is 0 Å². The summed E-state index contributed by atoms with van der Waals surface area (Å²) in [5.41, 5.74) is -0.159. The molecule has 2 fully saturated rings. The number of anilines is 1. The van der Waals surface area contributed by atoms with Gasteiger partial charge in [0.15, 0.2) is 0 Å². The highest BCUT2D eigenvalue weighted by atomic mass is 19.1. The number of carbonyl (C=O) groups excluding carboxylic acids is 2. The van der Waals surface area contributed by atoms with Crippen LogP contribution in [0.4, 0.5) is 14.9 Å². The number of carbonyl (C=O) groups is 3. The molecular weight excluding hydrogens is 419 g/mol. The molecule has 0 radical (unpaired) electrons. The Morgan fingerprint density at radius 3 is 2.53 bits per heavy atom. The van der Waals surface area contributed by atoms with Gasteiger partial charge in [0.2, 0.25) is 5.91 Å². The van der Waals surface area contributed by atoms with Gasteiger partial charge < -0.3 is 30.3 Å². The van der Waals surface area contributed by atoms with E-state index in [0.29, 0.717) is 44.8 Å². The van der Waals surface area contributed by atoms with Crippen molar-refractivity contribution in [3.63, 3.8) is 0 Å². The number of benzene rings is 1. The SMILES string of the molecule is CC(C)(C)OC(=O)N1CCN(c2cc(F)c(C(=O)O)c(CNC3CCCNC3=O)c2)CC1. The molecule has 0 aromatic heterocycles. The van der Waals surface area contributed by atoms with Crippen LogP contribution in [-0.2, 0) is 16.1 Å². The van der Waals surface area contributed by atoms with E-state index < -0.39 is 29.0 Å². The summed E-state index contributed by atoms with van der Waals surface area (Å²) in [4.78, 5) is 39.4. The molecular formula is C22H31FN4O5. The molecule has 1 unspecified atom stereocenters. The van der Waals surface area contributed by atoms with Crippen molar-refractivity contribution < 1.29 is 28.6 Å². The largest absolute Gasteiger partial charge is 0.478 e. The van der Waals surface area contributed by atoms with Crippen molar-refractivity contribution in [2.75, 3.05) is 37.6 Å². The van der Waals surface area contributed by atoms with Gasteiger partial charge in [-0.25, -0.2) is 14.0 Å². The van der Waals surface area contributed by atoms with Crippen LogP contribution in [0.5, 0.6) is 0 Å². The maximum Gasteiger partial charge on any atom is 0.410 e. The summed E-state index contributed by atoms with van der Waals surface area (Å²) in [6.07, 6.45) is 1.08. The molecule has 3 N–H and O–H groups in total. The number of rotatable bonds is 5. The number of hydrogen-bond donors (Lipinski definition) is 3. The van der Waals surface area contributed by atoms with E-state index in [0.717, 1.165) is 6.42 Å². The van der Waals surface area contributed by atoms with Gasteiger partial charge in [-0.3, -0.25) is 4.79 Å². The quantitative estimate of drug-likeness (QED) is 0.629. The van der Waals surface area contributed by atoms with Crippen molar-refractivity contribution in [2.45, 2.75) is 51.8 Å². The lowest BCUT2D eigenvalue weighted by molar-refractivity contribution is -0.124. The Morgan fingerprint density at radius 2 is 1.94 bits per heavy atom. The number of amides is 2. The van der Waals surface area contributed by atoms with Crippen molar-refractivity contribution in [1.29, 1.82) is 0 Å². The van der Waals surface area contributed by atoms with E-state index in [-0.39, 0.29) is 24.1 Å². The summed E-state index contributed by atoms with van der Waals surface area (Å²) in [5, 5.41) is 15.3. The highest BCUT2D eigenvalue weighted by Gasteiger charge is 2.28. The molecule has 3 rings (SSSR count). The predicted octanol–water partition coefficient (Wildman–Crippen LogP) is 1.95. The molecule has 9 nitrogen and oxygen atoms in total. The molecule has 2 amide bonds. The first-order chi connectivity index (χ1) is 15.0. The summed E-state index contributed by atoms with van der Waals surface area (Å²) in [6, 6.07) is 2.42. The van der Waals surface area contributed by atoms with Crippen molar-refractivity contribution in [1.82, 2.24) is 15.5 Å². The van der Waals surface area contributed by atoms with Crippen LogP contribution in [0.15, 0.2) is 12.1 Å². The second-order valence-electron chi connectivity index (χ2n) is 9.09. The Hall–Kier alpha value is -2.88. The van der Waals surface area contributed by atoms with E-state index in [1.807, 2.05) is 4.90 Å². The van der Waals surface area contributed by atoms with E-state index >= 15 is 0 Å². The summed E-state index contributed by atoms with van der Waals surface area (Å²) < 4.78 is 20.1. The number of nitrogens with zero attached hydrogens (tertiary/aromatic N) is 2. The average molecular weight is 451 g/mol. The molecule has 32 heavy (non-hydrogen) atoms. The fourth-order valence-corrected chi connectivity index (χ4v) is 3.88. The smallest absolute Gasteiger partial charge is 0.410 e. The molecule has 2 saturated heterocycles. The molecule has 0 spiro atoms. The van der Waals surface area contributed by atoms with Crippen LogP contribution in [-0.4, -0.2) is 72.3 Å². The summed E-state index contributed by atoms with van der Waals surface area (Å²) in [5.74, 6) is -2.31. The van der Waals surface area contributed by atoms with Gasteiger partial charge in [0, 0.05) is 45.0 Å². The van der Waals surface area contributed by atoms with E-state index in [1.54, 1.807) is 31.7 Å². The molecule has 2 aliphatic rings. The third kappa shape index (κ3) is 5.87. The number of piperidine rings is 1. The monoisotopic (exact) mass is 450 g/mol. The van der Waals surface area contributed by atoms with E-state index in [2.05, 4.69) is 10.6 Å². The van der Waals surface area contributed by atoms with Crippen molar-refractivity contribution >= 4 is 23.7 Å². The summed E-state index contributed by atoms with van der Waals surface area (Å²) in [6.45, 7) is 7.84. The van der Waals surface area contributed by atoms with Crippen molar-refractivity contribution in [2.24, 2.45) is 0 Å². The van der Waals surface area contributed by atoms with Gasteiger partial charge in [-0.05, 0) is 51.3 Å². The molecule has 1 aromatic carbocycles. The maximum absolute atomic E-state index is 14.8. The normalized spacial score (nSPS) is 19.5. The molecule has 10 heteroatoms. The number of carboxylic acid groups (broad SMARTS) is 1. The number of hydrogen-bond acceptors (Lipinski definition) is 6. The topological polar surface area (TPSA) is 111 Å². The second kappa shape index (κ2) is 9.72. The van der Waals surface area contributed by atoms with Crippen LogP contribution >= 0.6 is 0 Å². The number of ether oxygens (including phenoxy) is 1. The van der Waals surface area contributed by atoms with Crippen molar-refractivity contribution in [3.8, 4) is 0 Å². The summed E-state index contributed by atoms with van der Waals surface area (Å²) in [7, 11) is 0. The second-order valence-corrected chi connectivity index (χ2v) is 9.09. The van der Waals surface area contributed by atoms with Gasteiger partial charge in [0.25, 0.3) is 0 Å². The highest BCUT2D eigenvalue weighted by Crippen LogP contribution is 2.25. The van der Waals surface area contributed by atoms with Crippen LogP contribution in [0.2, 0.25) is 0 Å². The highest BCUT2D eigenvalue weighted by molar-refractivity contribution is 5.90. The molecule has 2 heterocycles. The lowest BCUT2D eigenvalue weighted by Crippen LogP contribution is -2.50. The van der Waals surface area contributed by atoms with E-state index in [1.165, 1.54) is 6.07 Å². The molecule has 1 atom stereocenters. The average Bonchev–Trinajstić information content (AvgIpc) is 2.71. The van der Waals surface area contributed by atoms with Gasteiger partial charge in [-0.15, -0.1) is 0 Å². The number of carboxylic acids is 1. The Labute approximate surface area is 186 Å². The Kier molecular flexibility index (Phi) is 7.22. The minimum atomic E-state index is -1.35. The van der Waals surface area contributed by atoms with Crippen LogP contribution in [0.1, 0.15) is 49.5 Å². The lowest BCUT2D eigenvalue weighted by atomic mass is 10.0. The van der Waals surface area contributed by atoms with E-state index in [4.69, 9.17) is 4.74 Å². The third-order valence-corrected chi connectivity index (χ3v) is 5.49. The van der Waals surface area contributed by atoms with Gasteiger partial charge >= 0.3 is 12.1 Å². The van der Waals surface area contributed by atoms with E-state index in [9.17, 15) is 23.9 Å².